The second-order valence-corrected chi connectivity index (χ2v) is 6.63. The Morgan fingerprint density at radius 1 is 1.35 bits per heavy atom. The van der Waals surface area contributed by atoms with Gasteiger partial charge in [-0.15, -0.1) is 11.3 Å². The van der Waals surface area contributed by atoms with Gasteiger partial charge in [0.15, 0.2) is 0 Å². The predicted octanol–water partition coefficient (Wildman–Crippen LogP) is 2.54. The summed E-state index contributed by atoms with van der Waals surface area (Å²) in [5.74, 6) is 0.473. The fraction of sp³-hybridized carbons (Fsp3) is 0.267. The number of carbonyl (C=O) groups excluding carboxylic acids is 2. The summed E-state index contributed by atoms with van der Waals surface area (Å²) in [6.07, 6.45) is 4.21. The number of aromatic nitrogens is 1. The van der Waals surface area contributed by atoms with Gasteiger partial charge >= 0.3 is 6.03 Å². The molecule has 0 saturated heterocycles. The first kappa shape index (κ1) is 17.3. The maximum absolute atomic E-state index is 12.3. The van der Waals surface area contributed by atoms with E-state index in [-0.39, 0.29) is 5.91 Å². The van der Waals surface area contributed by atoms with Crippen molar-refractivity contribution in [2.24, 2.45) is 5.73 Å². The summed E-state index contributed by atoms with van der Waals surface area (Å²) in [6.45, 7) is 0. The number of nitrogens with two attached hydrogens (primary N) is 1. The summed E-state index contributed by atoms with van der Waals surface area (Å²) in [6, 6.07) is 6.07. The Morgan fingerprint density at radius 2 is 2.09 bits per heavy atom. The van der Waals surface area contributed by atoms with Gasteiger partial charge in [0.2, 0.25) is 5.91 Å². The highest BCUT2D eigenvalue weighted by molar-refractivity contribution is 7.98. The van der Waals surface area contributed by atoms with E-state index in [0.717, 1.165) is 16.3 Å². The van der Waals surface area contributed by atoms with E-state index in [1.807, 2.05) is 35.9 Å². The van der Waals surface area contributed by atoms with Crippen LogP contribution in [0.25, 0.3) is 10.6 Å². The van der Waals surface area contributed by atoms with Crippen molar-refractivity contribution >= 4 is 40.7 Å². The minimum Gasteiger partial charge on any atom is -0.352 e. The second kappa shape index (κ2) is 8.54. The average molecular weight is 350 g/mol. The maximum Gasteiger partial charge on any atom is 0.312 e. The molecule has 0 aliphatic heterocycles. The van der Waals surface area contributed by atoms with E-state index < -0.39 is 12.1 Å². The predicted molar refractivity (Wildman–Crippen MR) is 95.7 cm³/mol. The summed E-state index contributed by atoms with van der Waals surface area (Å²) in [5.41, 5.74) is 6.78. The van der Waals surface area contributed by atoms with Gasteiger partial charge in [-0.2, -0.15) is 11.8 Å². The number of amides is 3. The third-order valence-electron chi connectivity index (χ3n) is 3.08. The molecule has 0 aliphatic rings. The molecule has 6 nitrogen and oxygen atoms in total. The van der Waals surface area contributed by atoms with Crippen molar-refractivity contribution in [3.05, 3.63) is 35.8 Å². The molecule has 1 aromatic heterocycles. The Labute approximate surface area is 142 Å². The van der Waals surface area contributed by atoms with Crippen molar-refractivity contribution in [3.63, 3.8) is 0 Å². The normalized spacial score (nSPS) is 11.7. The number of rotatable bonds is 7. The van der Waals surface area contributed by atoms with Crippen LogP contribution in [0.15, 0.2) is 35.8 Å². The SMILES string of the molecule is CSCC[C@H](NC(N)=O)C(=O)Nc1ccc(-c2nccs2)cc1. The molecule has 1 atom stereocenters. The lowest BCUT2D eigenvalue weighted by atomic mass is 10.2. The Morgan fingerprint density at radius 3 is 2.65 bits per heavy atom. The molecule has 0 unspecified atom stereocenters. The van der Waals surface area contributed by atoms with Crippen molar-refractivity contribution in [2.45, 2.75) is 12.5 Å². The highest BCUT2D eigenvalue weighted by Gasteiger charge is 2.19. The van der Waals surface area contributed by atoms with Crippen LogP contribution in [0.3, 0.4) is 0 Å². The number of anilines is 1. The average Bonchev–Trinajstić information content (AvgIpc) is 3.06. The van der Waals surface area contributed by atoms with Gasteiger partial charge in [-0.05, 0) is 42.7 Å². The quantitative estimate of drug-likeness (QED) is 0.715. The first-order chi connectivity index (χ1) is 11.1. The minimum atomic E-state index is -0.703. The molecule has 0 bridgehead atoms. The summed E-state index contributed by atoms with van der Waals surface area (Å²) in [5, 5.41) is 8.11. The van der Waals surface area contributed by atoms with Crippen LogP contribution in [0, 0.1) is 0 Å². The summed E-state index contributed by atoms with van der Waals surface area (Å²) < 4.78 is 0. The van der Waals surface area contributed by atoms with E-state index in [0.29, 0.717) is 12.1 Å². The van der Waals surface area contributed by atoms with E-state index in [4.69, 9.17) is 5.73 Å². The third-order valence-corrected chi connectivity index (χ3v) is 4.54. The van der Waals surface area contributed by atoms with Gasteiger partial charge in [-0.3, -0.25) is 4.79 Å². The molecule has 2 rings (SSSR count). The molecule has 1 aromatic carbocycles. The number of benzene rings is 1. The highest BCUT2D eigenvalue weighted by atomic mass is 32.2. The molecular formula is C15H18N4O2S2. The number of hydrogen-bond donors (Lipinski definition) is 3. The number of urea groups is 1. The molecule has 0 spiro atoms. The second-order valence-electron chi connectivity index (χ2n) is 4.75. The molecule has 0 saturated carbocycles. The van der Waals surface area contributed by atoms with Crippen molar-refractivity contribution < 1.29 is 9.59 Å². The van der Waals surface area contributed by atoms with Crippen LogP contribution in [0.5, 0.6) is 0 Å². The van der Waals surface area contributed by atoms with Crippen molar-refractivity contribution in [3.8, 4) is 10.6 Å². The molecule has 8 heteroatoms. The van der Waals surface area contributed by atoms with E-state index in [1.165, 1.54) is 0 Å². The number of thiazole rings is 1. The van der Waals surface area contributed by atoms with E-state index in [2.05, 4.69) is 15.6 Å². The highest BCUT2D eigenvalue weighted by Crippen LogP contribution is 2.23. The first-order valence-corrected chi connectivity index (χ1v) is 9.23. The third kappa shape index (κ3) is 5.26. The largest absolute Gasteiger partial charge is 0.352 e. The number of nitrogens with zero attached hydrogens (tertiary/aromatic N) is 1. The van der Waals surface area contributed by atoms with Gasteiger partial charge in [-0.1, -0.05) is 0 Å². The number of nitrogens with one attached hydrogen (secondary N) is 2. The van der Waals surface area contributed by atoms with Crippen LogP contribution >= 0.6 is 23.1 Å². The Hall–Kier alpha value is -2.06. The molecule has 122 valence electrons. The topological polar surface area (TPSA) is 97.1 Å². The zero-order valence-corrected chi connectivity index (χ0v) is 14.2. The fourth-order valence-corrected chi connectivity index (χ4v) is 3.08. The molecular weight excluding hydrogens is 332 g/mol. The summed E-state index contributed by atoms with van der Waals surface area (Å²) >= 11 is 3.16. The molecule has 1 heterocycles. The molecule has 0 fully saturated rings. The number of carbonyl (C=O) groups is 2. The molecule has 0 radical (unpaired) electrons. The monoisotopic (exact) mass is 350 g/mol. The zero-order valence-electron chi connectivity index (χ0n) is 12.6. The fourth-order valence-electron chi connectivity index (χ4n) is 1.97. The molecule has 3 amide bonds. The van der Waals surface area contributed by atoms with E-state index >= 15 is 0 Å². The lowest BCUT2D eigenvalue weighted by Crippen LogP contribution is -2.46. The first-order valence-electron chi connectivity index (χ1n) is 6.96. The number of primary amides is 1. The van der Waals surface area contributed by atoms with Crippen molar-refractivity contribution in [2.75, 3.05) is 17.3 Å². The van der Waals surface area contributed by atoms with E-state index in [9.17, 15) is 9.59 Å². The van der Waals surface area contributed by atoms with E-state index in [1.54, 1.807) is 29.3 Å². The molecule has 2 aromatic rings. The van der Waals surface area contributed by atoms with Crippen molar-refractivity contribution in [1.29, 1.82) is 0 Å². The van der Waals surface area contributed by atoms with Crippen LogP contribution in [0.1, 0.15) is 6.42 Å². The molecule has 23 heavy (non-hydrogen) atoms. The smallest absolute Gasteiger partial charge is 0.312 e. The Kier molecular flexibility index (Phi) is 6.42. The van der Waals surface area contributed by atoms with Gasteiger partial charge in [0.05, 0.1) is 0 Å². The van der Waals surface area contributed by atoms with Crippen LogP contribution in [-0.4, -0.2) is 35.0 Å². The van der Waals surface area contributed by atoms with Gasteiger partial charge in [0, 0.05) is 22.8 Å². The van der Waals surface area contributed by atoms with Gasteiger partial charge in [-0.25, -0.2) is 9.78 Å². The maximum atomic E-state index is 12.3. The summed E-state index contributed by atoms with van der Waals surface area (Å²) in [4.78, 5) is 27.5. The molecule has 4 N–H and O–H groups in total. The molecule has 0 aliphatic carbocycles. The lowest BCUT2D eigenvalue weighted by molar-refractivity contribution is -0.117. The van der Waals surface area contributed by atoms with Gasteiger partial charge in [0.1, 0.15) is 11.0 Å². The van der Waals surface area contributed by atoms with Crippen molar-refractivity contribution in [1.82, 2.24) is 10.3 Å². The number of hydrogen-bond acceptors (Lipinski definition) is 5. The number of thioether (sulfide) groups is 1. The Bertz CT molecular complexity index is 644. The van der Waals surface area contributed by atoms with Crippen LogP contribution < -0.4 is 16.4 Å². The van der Waals surface area contributed by atoms with Crippen LogP contribution in [-0.2, 0) is 4.79 Å². The Balaban J connectivity index is 2.01. The summed E-state index contributed by atoms with van der Waals surface area (Å²) in [7, 11) is 0. The standard InChI is InChI=1S/C15H18N4O2S2/c1-22-8-6-12(19-15(16)21)13(20)18-11-4-2-10(3-5-11)14-17-7-9-23-14/h2-5,7,9,12H,6,8H2,1H3,(H,18,20)(H3,16,19,21)/t12-/m0/s1. The lowest BCUT2D eigenvalue weighted by Gasteiger charge is -2.17. The van der Waals surface area contributed by atoms with Gasteiger partial charge in [0.25, 0.3) is 0 Å². The zero-order chi connectivity index (χ0) is 16.7. The van der Waals surface area contributed by atoms with Crippen LogP contribution in [0.2, 0.25) is 0 Å². The van der Waals surface area contributed by atoms with Crippen LogP contribution in [0.4, 0.5) is 10.5 Å². The van der Waals surface area contributed by atoms with Gasteiger partial charge < -0.3 is 16.4 Å². The minimum absolute atomic E-state index is 0.278.